The van der Waals surface area contributed by atoms with E-state index >= 15 is 0 Å². The number of carbonyl (C=O) groups excluding carboxylic acids is 1. The Bertz CT molecular complexity index is 406. The third-order valence-corrected chi connectivity index (χ3v) is 2.97. The predicted octanol–water partition coefficient (Wildman–Crippen LogP) is 1.15. The van der Waals surface area contributed by atoms with Gasteiger partial charge in [0.05, 0.1) is 6.54 Å². The highest BCUT2D eigenvalue weighted by atomic mass is 19.1. The highest BCUT2D eigenvalue weighted by Crippen LogP contribution is 2.31. The lowest BCUT2D eigenvalue weighted by atomic mass is 10.1. The summed E-state index contributed by atoms with van der Waals surface area (Å²) in [7, 11) is 1.61. The molecule has 16 heavy (non-hydrogen) atoms. The molecule has 0 spiro atoms. The van der Waals surface area contributed by atoms with Crippen LogP contribution in [0.3, 0.4) is 0 Å². The second-order valence-corrected chi connectivity index (χ2v) is 3.99. The highest BCUT2D eigenvalue weighted by Gasteiger charge is 2.22. The number of hydrogen-bond donors (Lipinski definition) is 2. The van der Waals surface area contributed by atoms with Gasteiger partial charge in [-0.25, -0.2) is 4.39 Å². The Hall–Kier alpha value is -1.42. The Morgan fingerprint density at radius 3 is 3.12 bits per heavy atom. The molecule has 1 aliphatic rings. The molecule has 4 heteroatoms. The van der Waals surface area contributed by atoms with E-state index in [4.69, 9.17) is 0 Å². The Labute approximate surface area is 94.0 Å². The summed E-state index contributed by atoms with van der Waals surface area (Å²) in [6.07, 6.45) is 1.80. The summed E-state index contributed by atoms with van der Waals surface area (Å²) < 4.78 is 13.0. The Balaban J connectivity index is 2.03. The Kier molecular flexibility index (Phi) is 3.19. The minimum absolute atomic E-state index is 0.0319. The van der Waals surface area contributed by atoms with Gasteiger partial charge in [0, 0.05) is 13.1 Å². The third-order valence-electron chi connectivity index (χ3n) is 2.97. The topological polar surface area (TPSA) is 41.1 Å². The molecular weight excluding hydrogens is 207 g/mol. The molecule has 1 amide bonds. The summed E-state index contributed by atoms with van der Waals surface area (Å²) in [5.74, 6) is -0.221. The number of likely N-dealkylation sites (N-methyl/N-ethyl adjacent to an activating group) is 1. The maximum atomic E-state index is 13.0. The molecule has 86 valence electrons. The van der Waals surface area contributed by atoms with Gasteiger partial charge >= 0.3 is 0 Å². The van der Waals surface area contributed by atoms with Gasteiger partial charge in [0.1, 0.15) is 5.82 Å². The second kappa shape index (κ2) is 4.61. The van der Waals surface area contributed by atoms with E-state index in [1.165, 1.54) is 6.07 Å². The first kappa shape index (κ1) is 11.1. The molecule has 1 unspecified atom stereocenters. The zero-order chi connectivity index (χ0) is 11.5. The lowest BCUT2D eigenvalue weighted by Crippen LogP contribution is -2.33. The number of amides is 1. The summed E-state index contributed by atoms with van der Waals surface area (Å²) in [5.41, 5.74) is 2.17. The smallest absolute Gasteiger partial charge is 0.233 e. The number of carbonyl (C=O) groups is 1. The number of fused-ring (bicyclic) bond motifs is 1. The molecule has 0 saturated carbocycles. The van der Waals surface area contributed by atoms with E-state index in [-0.39, 0.29) is 17.8 Å². The van der Waals surface area contributed by atoms with E-state index < -0.39 is 0 Å². The van der Waals surface area contributed by atoms with Crippen LogP contribution in [0, 0.1) is 5.82 Å². The number of hydrogen-bond acceptors (Lipinski definition) is 2. The fourth-order valence-electron chi connectivity index (χ4n) is 2.10. The molecule has 0 aliphatic heterocycles. The van der Waals surface area contributed by atoms with Crippen LogP contribution in [0.1, 0.15) is 23.6 Å². The normalized spacial score (nSPS) is 18.2. The number of nitrogens with one attached hydrogen (secondary N) is 2. The number of halogens is 1. The fraction of sp³-hybridized carbons (Fsp3) is 0.417. The Morgan fingerprint density at radius 1 is 1.56 bits per heavy atom. The van der Waals surface area contributed by atoms with Gasteiger partial charge in [-0.2, -0.15) is 0 Å². The van der Waals surface area contributed by atoms with Crippen molar-refractivity contribution < 1.29 is 9.18 Å². The van der Waals surface area contributed by atoms with Crippen LogP contribution in [0.25, 0.3) is 0 Å². The summed E-state index contributed by atoms with van der Waals surface area (Å²) in [5, 5.41) is 5.73. The van der Waals surface area contributed by atoms with E-state index in [0.717, 1.165) is 24.0 Å². The maximum Gasteiger partial charge on any atom is 0.233 e. The van der Waals surface area contributed by atoms with Crippen LogP contribution in [0.15, 0.2) is 18.2 Å². The third kappa shape index (κ3) is 2.22. The van der Waals surface area contributed by atoms with E-state index in [2.05, 4.69) is 10.6 Å². The minimum atomic E-state index is -0.189. The van der Waals surface area contributed by atoms with Crippen molar-refractivity contribution in [3.8, 4) is 0 Å². The van der Waals surface area contributed by atoms with Gasteiger partial charge < -0.3 is 10.6 Å². The molecule has 1 aromatic carbocycles. The maximum absolute atomic E-state index is 13.0. The van der Waals surface area contributed by atoms with E-state index in [1.54, 1.807) is 19.2 Å². The first-order chi connectivity index (χ1) is 7.70. The van der Waals surface area contributed by atoms with Gasteiger partial charge in [-0.15, -0.1) is 0 Å². The van der Waals surface area contributed by atoms with Crippen LogP contribution in [-0.2, 0) is 11.2 Å². The van der Waals surface area contributed by atoms with Crippen molar-refractivity contribution in [1.29, 1.82) is 0 Å². The van der Waals surface area contributed by atoms with Crippen molar-refractivity contribution in [2.45, 2.75) is 18.9 Å². The molecule has 2 rings (SSSR count). The Morgan fingerprint density at radius 2 is 2.38 bits per heavy atom. The summed E-state index contributed by atoms with van der Waals surface area (Å²) in [6, 6.07) is 5.03. The van der Waals surface area contributed by atoms with Crippen LogP contribution in [0.2, 0.25) is 0 Å². The predicted molar refractivity (Wildman–Crippen MR) is 59.5 cm³/mol. The molecule has 1 aromatic rings. The van der Waals surface area contributed by atoms with Gasteiger partial charge in [0.2, 0.25) is 5.91 Å². The highest BCUT2D eigenvalue weighted by molar-refractivity contribution is 5.77. The molecule has 1 aliphatic carbocycles. The van der Waals surface area contributed by atoms with Crippen LogP contribution < -0.4 is 10.6 Å². The van der Waals surface area contributed by atoms with Gasteiger partial charge in [-0.3, -0.25) is 4.79 Å². The summed E-state index contributed by atoms with van der Waals surface area (Å²) >= 11 is 0. The van der Waals surface area contributed by atoms with Gasteiger partial charge in [-0.05, 0) is 36.1 Å². The quantitative estimate of drug-likeness (QED) is 0.805. The largest absolute Gasteiger partial charge is 0.358 e. The number of benzene rings is 1. The molecular formula is C12H15FN2O. The SMILES string of the molecule is CNC(=O)CNC1CCc2cc(F)ccc21. The molecule has 0 aromatic heterocycles. The van der Waals surface area contributed by atoms with Crippen LogP contribution in [-0.4, -0.2) is 19.5 Å². The van der Waals surface area contributed by atoms with Crippen molar-refractivity contribution in [2.24, 2.45) is 0 Å². The average molecular weight is 222 g/mol. The molecule has 0 heterocycles. The van der Waals surface area contributed by atoms with Gasteiger partial charge in [0.15, 0.2) is 0 Å². The first-order valence-corrected chi connectivity index (χ1v) is 5.43. The monoisotopic (exact) mass is 222 g/mol. The van der Waals surface area contributed by atoms with E-state index in [0.29, 0.717) is 6.54 Å². The van der Waals surface area contributed by atoms with Crippen molar-refractivity contribution in [2.75, 3.05) is 13.6 Å². The van der Waals surface area contributed by atoms with Gasteiger partial charge in [0.25, 0.3) is 0 Å². The minimum Gasteiger partial charge on any atom is -0.358 e. The molecule has 0 fully saturated rings. The molecule has 0 saturated heterocycles. The van der Waals surface area contributed by atoms with Crippen molar-refractivity contribution in [3.05, 3.63) is 35.1 Å². The lowest BCUT2D eigenvalue weighted by molar-refractivity contribution is -0.119. The molecule has 0 radical (unpaired) electrons. The zero-order valence-corrected chi connectivity index (χ0v) is 9.22. The molecule has 2 N–H and O–H groups in total. The zero-order valence-electron chi connectivity index (χ0n) is 9.22. The molecule has 3 nitrogen and oxygen atoms in total. The van der Waals surface area contributed by atoms with E-state index in [9.17, 15) is 9.18 Å². The van der Waals surface area contributed by atoms with Crippen LogP contribution in [0.4, 0.5) is 4.39 Å². The summed E-state index contributed by atoms with van der Waals surface area (Å²) in [4.78, 5) is 11.1. The number of aryl methyl sites for hydroxylation is 1. The van der Waals surface area contributed by atoms with Crippen LogP contribution in [0.5, 0.6) is 0 Å². The average Bonchev–Trinajstić information content (AvgIpc) is 2.68. The number of rotatable bonds is 3. The first-order valence-electron chi connectivity index (χ1n) is 5.43. The van der Waals surface area contributed by atoms with E-state index in [1.807, 2.05) is 0 Å². The van der Waals surface area contributed by atoms with Crippen LogP contribution >= 0.6 is 0 Å². The fourth-order valence-corrected chi connectivity index (χ4v) is 2.10. The van der Waals surface area contributed by atoms with Crippen molar-refractivity contribution >= 4 is 5.91 Å². The second-order valence-electron chi connectivity index (χ2n) is 3.99. The van der Waals surface area contributed by atoms with Gasteiger partial charge in [-0.1, -0.05) is 6.07 Å². The van der Waals surface area contributed by atoms with Crippen molar-refractivity contribution in [3.63, 3.8) is 0 Å². The standard InChI is InChI=1S/C12H15FN2O/c1-14-12(16)7-15-11-5-2-8-6-9(13)3-4-10(8)11/h3-4,6,11,15H,2,5,7H2,1H3,(H,14,16). The summed E-state index contributed by atoms with van der Waals surface area (Å²) in [6.45, 7) is 0.304. The lowest BCUT2D eigenvalue weighted by Gasteiger charge is -2.13. The molecule has 0 bridgehead atoms. The van der Waals surface area contributed by atoms with Crippen molar-refractivity contribution in [1.82, 2.24) is 10.6 Å². The molecule has 1 atom stereocenters.